The average Bonchev–Trinajstić information content (AvgIpc) is 3.11. The minimum absolute atomic E-state index is 0.865. The summed E-state index contributed by atoms with van der Waals surface area (Å²) in [6.07, 6.45) is 16.2. The molecule has 2 rings (SSSR count). The number of hydrogen-bond acceptors (Lipinski definition) is 3. The molecule has 0 unspecified atom stereocenters. The molecular formula is C24H42N4. The maximum atomic E-state index is 4.46. The zero-order valence-electron chi connectivity index (χ0n) is 18.6. The van der Waals surface area contributed by atoms with Crippen LogP contribution in [0.1, 0.15) is 96.5 Å². The van der Waals surface area contributed by atoms with E-state index >= 15 is 0 Å². The van der Waals surface area contributed by atoms with Gasteiger partial charge >= 0.3 is 0 Å². The second kappa shape index (κ2) is 13.7. The Morgan fingerprint density at radius 3 is 1.96 bits per heavy atom. The smallest absolute Gasteiger partial charge is 0.116 e. The summed E-state index contributed by atoms with van der Waals surface area (Å²) in [4.78, 5) is 2.59. The lowest BCUT2D eigenvalue weighted by atomic mass is 10.1. The van der Waals surface area contributed by atoms with Gasteiger partial charge in [-0.2, -0.15) is 0 Å². The van der Waals surface area contributed by atoms with E-state index in [1.165, 1.54) is 95.7 Å². The molecule has 0 spiro atoms. The molecule has 28 heavy (non-hydrogen) atoms. The van der Waals surface area contributed by atoms with Crippen molar-refractivity contribution in [2.45, 2.75) is 104 Å². The van der Waals surface area contributed by atoms with Crippen LogP contribution in [0.15, 0.2) is 18.2 Å². The standard InChI is InChI=1S/C24H42N4/c1-4-6-8-10-12-14-19-27(20-15-13-11-9-7-5-2)21-28-23-18-16-17-22(3)24(23)25-26-28/h16-18H,4-15,19-21H2,1-3H3. The topological polar surface area (TPSA) is 34.0 Å². The van der Waals surface area contributed by atoms with Crippen LogP contribution in [-0.2, 0) is 6.67 Å². The number of hydrogen-bond donors (Lipinski definition) is 0. The largest absolute Gasteiger partial charge is 0.284 e. The van der Waals surface area contributed by atoms with Crippen molar-refractivity contribution in [3.63, 3.8) is 0 Å². The number of benzene rings is 1. The van der Waals surface area contributed by atoms with Crippen LogP contribution >= 0.6 is 0 Å². The molecule has 0 fully saturated rings. The second-order valence-electron chi connectivity index (χ2n) is 8.33. The molecule has 1 aromatic carbocycles. The van der Waals surface area contributed by atoms with Gasteiger partial charge in [-0.1, -0.05) is 95.4 Å². The molecule has 2 aromatic rings. The SMILES string of the molecule is CCCCCCCCN(CCCCCCCC)Cn1nnc2c(C)cccc21. The molecular weight excluding hydrogens is 344 g/mol. The number of aromatic nitrogens is 3. The molecule has 4 heteroatoms. The highest BCUT2D eigenvalue weighted by molar-refractivity contribution is 5.77. The van der Waals surface area contributed by atoms with E-state index in [0.717, 1.165) is 17.7 Å². The van der Waals surface area contributed by atoms with Crippen molar-refractivity contribution < 1.29 is 0 Å². The summed E-state index contributed by atoms with van der Waals surface area (Å²) in [6.45, 7) is 9.90. The summed E-state index contributed by atoms with van der Waals surface area (Å²) in [7, 11) is 0. The number of nitrogens with zero attached hydrogens (tertiary/aromatic N) is 4. The van der Waals surface area contributed by atoms with Crippen LogP contribution in [0.5, 0.6) is 0 Å². The Bertz CT molecular complexity index is 633. The van der Waals surface area contributed by atoms with E-state index in [4.69, 9.17) is 0 Å². The van der Waals surface area contributed by atoms with Crippen molar-refractivity contribution in [3.05, 3.63) is 23.8 Å². The molecule has 0 saturated carbocycles. The van der Waals surface area contributed by atoms with Gasteiger partial charge in [-0.3, -0.25) is 4.90 Å². The van der Waals surface area contributed by atoms with Gasteiger partial charge in [0, 0.05) is 0 Å². The molecule has 158 valence electrons. The van der Waals surface area contributed by atoms with Crippen molar-refractivity contribution in [2.24, 2.45) is 0 Å². The lowest BCUT2D eigenvalue weighted by Crippen LogP contribution is -2.29. The Labute approximate surface area is 172 Å². The van der Waals surface area contributed by atoms with Crippen LogP contribution in [0.2, 0.25) is 0 Å². The number of unbranched alkanes of at least 4 members (excludes halogenated alkanes) is 10. The van der Waals surface area contributed by atoms with Crippen molar-refractivity contribution in [1.29, 1.82) is 0 Å². The minimum atomic E-state index is 0.865. The summed E-state index contributed by atoms with van der Waals surface area (Å²) in [6, 6.07) is 6.38. The molecule has 0 N–H and O–H groups in total. The van der Waals surface area contributed by atoms with Crippen LogP contribution in [0.3, 0.4) is 0 Å². The summed E-state index contributed by atoms with van der Waals surface area (Å²) < 4.78 is 2.09. The van der Waals surface area contributed by atoms with Gasteiger partial charge in [-0.05, 0) is 44.5 Å². The lowest BCUT2D eigenvalue weighted by molar-refractivity contribution is 0.199. The van der Waals surface area contributed by atoms with Crippen molar-refractivity contribution in [3.8, 4) is 0 Å². The van der Waals surface area contributed by atoms with Crippen LogP contribution in [0.4, 0.5) is 0 Å². The number of fused-ring (bicyclic) bond motifs is 1. The maximum Gasteiger partial charge on any atom is 0.116 e. The first-order valence-electron chi connectivity index (χ1n) is 11.8. The van der Waals surface area contributed by atoms with Crippen LogP contribution in [0.25, 0.3) is 11.0 Å². The first kappa shape index (κ1) is 22.9. The third-order valence-corrected chi connectivity index (χ3v) is 5.74. The van der Waals surface area contributed by atoms with Crippen molar-refractivity contribution >= 4 is 11.0 Å². The van der Waals surface area contributed by atoms with E-state index in [2.05, 4.69) is 58.9 Å². The number of rotatable bonds is 16. The normalized spacial score (nSPS) is 11.7. The fourth-order valence-electron chi connectivity index (χ4n) is 3.91. The summed E-state index contributed by atoms with van der Waals surface area (Å²) in [5.74, 6) is 0. The van der Waals surface area contributed by atoms with E-state index in [9.17, 15) is 0 Å². The van der Waals surface area contributed by atoms with Gasteiger partial charge in [-0.15, -0.1) is 5.10 Å². The molecule has 4 nitrogen and oxygen atoms in total. The van der Waals surface area contributed by atoms with E-state index in [0.29, 0.717) is 0 Å². The van der Waals surface area contributed by atoms with Crippen LogP contribution in [0, 0.1) is 6.92 Å². The molecule has 0 radical (unpaired) electrons. The van der Waals surface area contributed by atoms with Crippen LogP contribution < -0.4 is 0 Å². The van der Waals surface area contributed by atoms with E-state index in [1.54, 1.807) is 0 Å². The summed E-state index contributed by atoms with van der Waals surface area (Å²) >= 11 is 0. The maximum absolute atomic E-state index is 4.46. The summed E-state index contributed by atoms with van der Waals surface area (Å²) in [5, 5.41) is 8.88. The molecule has 1 heterocycles. The van der Waals surface area contributed by atoms with Gasteiger partial charge in [0.15, 0.2) is 0 Å². The average molecular weight is 387 g/mol. The molecule has 0 amide bonds. The molecule has 0 aliphatic heterocycles. The van der Waals surface area contributed by atoms with Gasteiger partial charge in [0.25, 0.3) is 0 Å². The lowest BCUT2D eigenvalue weighted by Gasteiger charge is -2.22. The van der Waals surface area contributed by atoms with E-state index in [-0.39, 0.29) is 0 Å². The van der Waals surface area contributed by atoms with Crippen molar-refractivity contribution in [2.75, 3.05) is 13.1 Å². The fourth-order valence-corrected chi connectivity index (χ4v) is 3.91. The van der Waals surface area contributed by atoms with Gasteiger partial charge in [0.05, 0.1) is 12.2 Å². The Hall–Kier alpha value is -1.42. The van der Waals surface area contributed by atoms with Crippen molar-refractivity contribution in [1.82, 2.24) is 19.9 Å². The van der Waals surface area contributed by atoms with Gasteiger partial charge in [0.1, 0.15) is 5.52 Å². The predicted molar refractivity (Wildman–Crippen MR) is 121 cm³/mol. The highest BCUT2D eigenvalue weighted by Gasteiger charge is 2.11. The van der Waals surface area contributed by atoms with Gasteiger partial charge < -0.3 is 0 Å². The molecule has 0 saturated heterocycles. The highest BCUT2D eigenvalue weighted by Crippen LogP contribution is 2.16. The molecule has 0 aliphatic carbocycles. The number of aryl methyl sites for hydroxylation is 1. The first-order chi connectivity index (χ1) is 13.8. The summed E-state index contributed by atoms with van der Waals surface area (Å²) in [5.41, 5.74) is 3.42. The van der Waals surface area contributed by atoms with E-state index in [1.807, 2.05) is 0 Å². The zero-order valence-corrected chi connectivity index (χ0v) is 18.6. The highest BCUT2D eigenvalue weighted by atomic mass is 15.5. The third-order valence-electron chi connectivity index (χ3n) is 5.74. The van der Waals surface area contributed by atoms with Gasteiger partial charge in [-0.25, -0.2) is 4.68 Å². The third kappa shape index (κ3) is 7.90. The second-order valence-corrected chi connectivity index (χ2v) is 8.33. The minimum Gasteiger partial charge on any atom is -0.284 e. The quantitative estimate of drug-likeness (QED) is 0.300. The van der Waals surface area contributed by atoms with Crippen LogP contribution in [-0.4, -0.2) is 33.0 Å². The molecule has 0 bridgehead atoms. The Kier molecular flexibility index (Phi) is 11.2. The monoisotopic (exact) mass is 386 g/mol. The predicted octanol–water partition coefficient (Wildman–Crippen LogP) is 6.72. The molecule has 1 aromatic heterocycles. The first-order valence-corrected chi connectivity index (χ1v) is 11.8. The van der Waals surface area contributed by atoms with E-state index < -0.39 is 0 Å². The zero-order chi connectivity index (χ0) is 20.0. The Morgan fingerprint density at radius 1 is 0.786 bits per heavy atom. The Balaban J connectivity index is 1.86. The van der Waals surface area contributed by atoms with Gasteiger partial charge in [0.2, 0.25) is 0 Å². The Morgan fingerprint density at radius 2 is 1.36 bits per heavy atom. The fraction of sp³-hybridized carbons (Fsp3) is 0.750. The molecule has 0 atom stereocenters. The molecule has 0 aliphatic rings.